The van der Waals surface area contributed by atoms with E-state index >= 15 is 0 Å². The quantitative estimate of drug-likeness (QED) is 0.0479. The van der Waals surface area contributed by atoms with Crippen LogP contribution in [0.4, 0.5) is 0 Å². The number of thioether (sulfide) groups is 6. The molecule has 0 aromatic carbocycles. The molecule has 0 saturated heterocycles. The van der Waals surface area contributed by atoms with Crippen molar-refractivity contribution in [3.63, 3.8) is 0 Å². The minimum Gasteiger partial charge on any atom is -0.255 e. The van der Waals surface area contributed by atoms with Crippen LogP contribution in [0.25, 0.3) is 91.1 Å². The summed E-state index contributed by atoms with van der Waals surface area (Å²) in [6, 6.07) is 44.2. The van der Waals surface area contributed by atoms with E-state index in [1.807, 2.05) is 119 Å². The van der Waals surface area contributed by atoms with Gasteiger partial charge in [0, 0.05) is 41.8 Å². The van der Waals surface area contributed by atoms with Gasteiger partial charge in [0.2, 0.25) is 0 Å². The standard InChI is InChI=1S/C63H65N9S6/c1-7-24-73-42-30-52(48-18-13-15-22-64-48)67-56(34-42)60-38-46(77-28-11-5)40-62(71-60)58-36-44(75-26-9-3)32-54(69-58)50-20-17-21-51(66-50)55-33-45(76-27-10-4)37-59(70-55)63-41-47(78-29-12-6)39-61(72-63)57-35-43(74-25-8-2)31-53(68-57)49-19-14-16-23-65-49/h13-23,30-41H,7-12,24-29H2,1-6H3. The lowest BCUT2D eigenvalue weighted by atomic mass is 10.1. The monoisotopic (exact) mass is 1140 g/mol. The Morgan fingerprint density at radius 3 is 0.628 bits per heavy atom. The minimum absolute atomic E-state index is 0.760. The lowest BCUT2D eigenvalue weighted by molar-refractivity contribution is 1.10. The molecule has 0 amide bonds. The fourth-order valence-corrected chi connectivity index (χ4v) is 13.2. The average Bonchev–Trinajstić information content (AvgIpc) is 3.56. The van der Waals surface area contributed by atoms with E-state index in [-0.39, 0.29) is 0 Å². The summed E-state index contributed by atoms with van der Waals surface area (Å²) in [6.07, 6.45) is 9.96. The van der Waals surface area contributed by atoms with Gasteiger partial charge in [-0.1, -0.05) is 59.7 Å². The Balaban J connectivity index is 1.14. The van der Waals surface area contributed by atoms with Crippen LogP contribution in [0.1, 0.15) is 80.1 Å². The van der Waals surface area contributed by atoms with Crippen molar-refractivity contribution in [2.24, 2.45) is 0 Å². The van der Waals surface area contributed by atoms with Gasteiger partial charge >= 0.3 is 0 Å². The van der Waals surface area contributed by atoms with E-state index in [2.05, 4.69) is 143 Å². The molecule has 78 heavy (non-hydrogen) atoms. The summed E-state index contributed by atoms with van der Waals surface area (Å²) in [6.45, 7) is 13.3. The van der Waals surface area contributed by atoms with Crippen LogP contribution < -0.4 is 0 Å². The topological polar surface area (TPSA) is 116 Å². The highest BCUT2D eigenvalue weighted by Gasteiger charge is 2.19. The molecule has 0 aliphatic carbocycles. The zero-order valence-corrected chi connectivity index (χ0v) is 50.1. The number of nitrogens with zero attached hydrogens (tertiary/aromatic N) is 9. The molecule has 0 saturated carbocycles. The summed E-state index contributed by atoms with van der Waals surface area (Å²) in [5.41, 5.74) is 12.8. The summed E-state index contributed by atoms with van der Waals surface area (Å²) in [5.74, 6) is 5.91. The molecule has 0 N–H and O–H groups in total. The Hall–Kier alpha value is -5.55. The molecule has 9 nitrogen and oxygen atoms in total. The molecule has 0 bridgehead atoms. The van der Waals surface area contributed by atoms with E-state index in [1.54, 1.807) is 0 Å². The van der Waals surface area contributed by atoms with Crippen molar-refractivity contribution in [3.8, 4) is 91.1 Å². The van der Waals surface area contributed by atoms with Gasteiger partial charge in [0.25, 0.3) is 0 Å². The summed E-state index contributed by atoms with van der Waals surface area (Å²) >= 11 is 11.0. The summed E-state index contributed by atoms with van der Waals surface area (Å²) < 4.78 is 0. The SMILES string of the molecule is CCCSc1cc(-c2ccccn2)nc(-c2cc(SCCC)cc(-c3cc(SCCC)cc(-c4cccc(-c5cc(SCCC)cc(-c6cc(SCCC)cc(-c7cc(SCCC)cc(-c8ccccn8)n7)n6)n5)n4)n3)n2)c1. The molecular weight excluding hydrogens is 1080 g/mol. The van der Waals surface area contributed by atoms with E-state index in [4.69, 9.17) is 34.9 Å². The van der Waals surface area contributed by atoms with Crippen LogP contribution in [0.15, 0.2) is 169 Å². The van der Waals surface area contributed by atoms with Crippen molar-refractivity contribution in [1.29, 1.82) is 0 Å². The highest BCUT2D eigenvalue weighted by atomic mass is 32.2. The Morgan fingerprint density at radius 1 is 0.231 bits per heavy atom. The molecule has 9 aromatic rings. The van der Waals surface area contributed by atoms with Gasteiger partial charge in [-0.3, -0.25) is 9.97 Å². The van der Waals surface area contributed by atoms with Crippen LogP contribution >= 0.6 is 70.6 Å². The van der Waals surface area contributed by atoms with E-state index < -0.39 is 0 Å². The lowest BCUT2D eigenvalue weighted by Crippen LogP contribution is -1.99. The first-order valence-electron chi connectivity index (χ1n) is 27.0. The molecule has 9 rings (SSSR count). The van der Waals surface area contributed by atoms with Crippen LogP contribution in [-0.4, -0.2) is 79.4 Å². The molecular formula is C63H65N9S6. The number of aromatic nitrogens is 9. The maximum atomic E-state index is 5.41. The number of hydrogen-bond acceptors (Lipinski definition) is 15. The zero-order valence-electron chi connectivity index (χ0n) is 45.2. The van der Waals surface area contributed by atoms with Crippen molar-refractivity contribution in [3.05, 3.63) is 140 Å². The van der Waals surface area contributed by atoms with Gasteiger partial charge in [-0.15, -0.1) is 70.6 Å². The molecule has 398 valence electrons. The lowest BCUT2D eigenvalue weighted by Gasteiger charge is -2.14. The third-order valence-electron chi connectivity index (χ3n) is 11.8. The van der Waals surface area contributed by atoms with Crippen LogP contribution in [0.5, 0.6) is 0 Å². The molecule has 0 atom stereocenters. The first-order valence-corrected chi connectivity index (χ1v) is 33.0. The third kappa shape index (κ3) is 15.4. The van der Waals surface area contributed by atoms with E-state index in [9.17, 15) is 0 Å². The van der Waals surface area contributed by atoms with Crippen molar-refractivity contribution in [1.82, 2.24) is 44.9 Å². The number of hydrogen-bond donors (Lipinski definition) is 0. The van der Waals surface area contributed by atoms with Gasteiger partial charge in [0.1, 0.15) is 0 Å². The zero-order chi connectivity index (χ0) is 54.1. The predicted octanol–water partition coefficient (Wildman–Crippen LogP) is 18.6. The first-order chi connectivity index (χ1) is 38.3. The maximum Gasteiger partial charge on any atom is 0.0906 e. The molecule has 15 heteroatoms. The minimum atomic E-state index is 0.760. The molecule has 9 heterocycles. The molecule has 9 aromatic heterocycles. The van der Waals surface area contributed by atoms with Crippen LogP contribution in [0.2, 0.25) is 0 Å². The molecule has 0 spiro atoms. The fourth-order valence-electron chi connectivity index (χ4n) is 8.18. The average molecular weight is 1140 g/mol. The van der Waals surface area contributed by atoms with Crippen LogP contribution in [-0.2, 0) is 0 Å². The number of pyridine rings is 9. The highest BCUT2D eigenvalue weighted by molar-refractivity contribution is 8.00. The van der Waals surface area contributed by atoms with Gasteiger partial charge in [-0.05, 0) is 182 Å². The van der Waals surface area contributed by atoms with E-state index in [1.165, 1.54) is 0 Å². The summed E-state index contributed by atoms with van der Waals surface area (Å²) in [5, 5.41) is 0. The molecule has 0 unspecified atom stereocenters. The van der Waals surface area contributed by atoms with Crippen LogP contribution in [0, 0.1) is 0 Å². The molecule has 0 fully saturated rings. The Bertz CT molecular complexity index is 3200. The van der Waals surface area contributed by atoms with Crippen molar-refractivity contribution < 1.29 is 0 Å². The molecule has 0 aliphatic heterocycles. The number of rotatable bonds is 26. The Labute approximate surface area is 486 Å². The molecule has 0 radical (unpaired) electrons. The van der Waals surface area contributed by atoms with Gasteiger partial charge in [-0.25, -0.2) is 34.9 Å². The van der Waals surface area contributed by atoms with Crippen LogP contribution in [0.3, 0.4) is 0 Å². The second-order valence-electron chi connectivity index (χ2n) is 18.4. The van der Waals surface area contributed by atoms with Gasteiger partial charge in [0.15, 0.2) is 0 Å². The van der Waals surface area contributed by atoms with Gasteiger partial charge in [-0.2, -0.15) is 0 Å². The fraction of sp³-hybridized carbons (Fsp3) is 0.286. The van der Waals surface area contributed by atoms with E-state index in [0.29, 0.717) is 0 Å². The van der Waals surface area contributed by atoms with E-state index in [0.717, 1.165) is 194 Å². The largest absolute Gasteiger partial charge is 0.255 e. The summed E-state index contributed by atoms with van der Waals surface area (Å²) in [7, 11) is 0. The molecule has 0 aliphatic rings. The summed E-state index contributed by atoms with van der Waals surface area (Å²) in [4.78, 5) is 53.5. The van der Waals surface area contributed by atoms with Crippen molar-refractivity contribution >= 4 is 70.6 Å². The second-order valence-corrected chi connectivity index (χ2v) is 25.4. The van der Waals surface area contributed by atoms with Gasteiger partial charge in [0.05, 0.1) is 91.1 Å². The second kappa shape index (κ2) is 29.1. The highest BCUT2D eigenvalue weighted by Crippen LogP contribution is 2.38. The first kappa shape index (κ1) is 57.1. The smallest absolute Gasteiger partial charge is 0.0906 e. The van der Waals surface area contributed by atoms with Crippen molar-refractivity contribution in [2.45, 2.75) is 109 Å². The third-order valence-corrected chi connectivity index (χ3v) is 18.9. The maximum absolute atomic E-state index is 5.41. The Kier molecular flexibility index (Phi) is 21.3. The Morgan fingerprint density at radius 2 is 0.423 bits per heavy atom. The predicted molar refractivity (Wildman–Crippen MR) is 336 cm³/mol. The van der Waals surface area contributed by atoms with Crippen molar-refractivity contribution in [2.75, 3.05) is 34.5 Å². The van der Waals surface area contributed by atoms with Gasteiger partial charge < -0.3 is 0 Å². The normalized spacial score (nSPS) is 11.4.